The Morgan fingerprint density at radius 1 is 1.19 bits per heavy atom. The smallest absolute Gasteiger partial charge is 0.314 e. The van der Waals surface area contributed by atoms with E-state index in [4.69, 9.17) is 0 Å². The zero-order chi connectivity index (χ0) is 12.2. The van der Waals surface area contributed by atoms with Gasteiger partial charge in [-0.2, -0.15) is 13.2 Å². The van der Waals surface area contributed by atoms with Crippen LogP contribution in [0.3, 0.4) is 0 Å². The molecule has 0 aromatic rings. The van der Waals surface area contributed by atoms with Gasteiger partial charge in [-0.15, -0.1) is 0 Å². The summed E-state index contributed by atoms with van der Waals surface area (Å²) in [5.74, 6) is -0.632. The van der Waals surface area contributed by atoms with Crippen LogP contribution in [-0.4, -0.2) is 18.8 Å². The lowest BCUT2D eigenvalue weighted by atomic mass is 9.78. The summed E-state index contributed by atoms with van der Waals surface area (Å²) in [4.78, 5) is 0. The van der Waals surface area contributed by atoms with Crippen LogP contribution in [0.25, 0.3) is 0 Å². The van der Waals surface area contributed by atoms with E-state index in [9.17, 15) is 13.2 Å². The van der Waals surface area contributed by atoms with E-state index in [1.54, 1.807) is 0 Å². The van der Waals surface area contributed by atoms with Crippen LogP contribution < -0.4 is 5.32 Å². The first-order valence-electron chi connectivity index (χ1n) is 6.25. The van der Waals surface area contributed by atoms with Crippen molar-refractivity contribution in [3.05, 3.63) is 0 Å². The second-order valence-electron chi connectivity index (χ2n) is 4.90. The molecular formula is C12H22F3N. The topological polar surface area (TPSA) is 12.0 Å². The number of nitrogens with one attached hydrogen (secondary N) is 1. The Labute approximate surface area is 95.8 Å². The van der Waals surface area contributed by atoms with Gasteiger partial charge in [0.05, 0.1) is 5.92 Å². The molecule has 1 N–H and O–H groups in total. The van der Waals surface area contributed by atoms with Crippen molar-refractivity contribution >= 4 is 0 Å². The molecule has 1 aliphatic rings. The highest BCUT2D eigenvalue weighted by Crippen LogP contribution is 2.40. The minimum absolute atomic E-state index is 0.312. The second-order valence-corrected chi connectivity index (χ2v) is 4.90. The van der Waals surface area contributed by atoms with Crippen molar-refractivity contribution in [3.8, 4) is 0 Å². The van der Waals surface area contributed by atoms with Gasteiger partial charge in [0.2, 0.25) is 0 Å². The standard InChI is InChI=1S/C12H22F3N/c1-3-8-16-9(2)10-4-6-11(7-5-10)12(13,14)15/h9-11,16H,3-8H2,1-2H3. The first-order valence-corrected chi connectivity index (χ1v) is 6.25. The molecule has 0 aliphatic heterocycles. The Kier molecular flexibility index (Phi) is 5.09. The van der Waals surface area contributed by atoms with Gasteiger partial charge in [-0.05, 0) is 51.5 Å². The molecule has 0 radical (unpaired) electrons. The van der Waals surface area contributed by atoms with Crippen LogP contribution in [0.1, 0.15) is 46.0 Å². The third kappa shape index (κ3) is 3.96. The van der Waals surface area contributed by atoms with Gasteiger partial charge in [0, 0.05) is 6.04 Å². The van der Waals surface area contributed by atoms with Gasteiger partial charge in [-0.25, -0.2) is 0 Å². The molecule has 0 heterocycles. The first kappa shape index (κ1) is 13.8. The average molecular weight is 237 g/mol. The first-order chi connectivity index (χ1) is 7.45. The molecular weight excluding hydrogens is 215 g/mol. The molecule has 1 nitrogen and oxygen atoms in total. The maximum atomic E-state index is 12.5. The number of hydrogen-bond acceptors (Lipinski definition) is 1. The summed E-state index contributed by atoms with van der Waals surface area (Å²) in [5, 5.41) is 3.37. The molecule has 0 spiro atoms. The van der Waals surface area contributed by atoms with Crippen LogP contribution in [-0.2, 0) is 0 Å². The van der Waals surface area contributed by atoms with Crippen LogP contribution in [0.15, 0.2) is 0 Å². The van der Waals surface area contributed by atoms with Gasteiger partial charge in [-0.1, -0.05) is 6.92 Å². The molecule has 1 unspecified atom stereocenters. The number of hydrogen-bond donors (Lipinski definition) is 1. The SMILES string of the molecule is CCCNC(C)C1CCC(C(F)(F)F)CC1. The Bertz CT molecular complexity index is 195. The Morgan fingerprint density at radius 3 is 2.19 bits per heavy atom. The van der Waals surface area contributed by atoms with Gasteiger partial charge in [0.25, 0.3) is 0 Å². The maximum absolute atomic E-state index is 12.5. The third-order valence-electron chi connectivity index (χ3n) is 3.66. The molecule has 1 aliphatic carbocycles. The van der Waals surface area contributed by atoms with E-state index in [2.05, 4.69) is 19.2 Å². The lowest BCUT2D eigenvalue weighted by Gasteiger charge is -2.33. The second kappa shape index (κ2) is 5.89. The van der Waals surface area contributed by atoms with Crippen molar-refractivity contribution in [2.24, 2.45) is 11.8 Å². The van der Waals surface area contributed by atoms with Crippen LogP contribution in [0.4, 0.5) is 13.2 Å². The lowest BCUT2D eigenvalue weighted by Crippen LogP contribution is -2.38. The van der Waals surface area contributed by atoms with E-state index in [1.165, 1.54) is 0 Å². The van der Waals surface area contributed by atoms with E-state index >= 15 is 0 Å². The average Bonchev–Trinajstić information content (AvgIpc) is 2.25. The zero-order valence-corrected chi connectivity index (χ0v) is 10.1. The fourth-order valence-corrected chi connectivity index (χ4v) is 2.49. The van der Waals surface area contributed by atoms with Crippen LogP contribution in [0.2, 0.25) is 0 Å². The van der Waals surface area contributed by atoms with Gasteiger partial charge in [0.15, 0.2) is 0 Å². The molecule has 4 heteroatoms. The quantitative estimate of drug-likeness (QED) is 0.785. The minimum atomic E-state index is -3.98. The molecule has 0 amide bonds. The predicted molar refractivity (Wildman–Crippen MR) is 59.3 cm³/mol. The van der Waals surface area contributed by atoms with E-state index in [0.717, 1.165) is 13.0 Å². The van der Waals surface area contributed by atoms with Gasteiger partial charge in [0.1, 0.15) is 0 Å². The lowest BCUT2D eigenvalue weighted by molar-refractivity contribution is -0.184. The molecule has 1 saturated carbocycles. The number of rotatable bonds is 4. The Hall–Kier alpha value is -0.250. The van der Waals surface area contributed by atoms with Crippen molar-refractivity contribution < 1.29 is 13.2 Å². The van der Waals surface area contributed by atoms with Crippen LogP contribution in [0.5, 0.6) is 0 Å². The molecule has 0 saturated heterocycles. The normalized spacial score (nSPS) is 29.1. The maximum Gasteiger partial charge on any atom is 0.391 e. The minimum Gasteiger partial charge on any atom is -0.314 e. The van der Waals surface area contributed by atoms with E-state index in [1.807, 2.05) is 0 Å². The Balaban J connectivity index is 2.31. The van der Waals surface area contributed by atoms with E-state index < -0.39 is 12.1 Å². The van der Waals surface area contributed by atoms with Crippen molar-refractivity contribution in [2.75, 3.05) is 6.54 Å². The van der Waals surface area contributed by atoms with E-state index in [-0.39, 0.29) is 0 Å². The van der Waals surface area contributed by atoms with E-state index in [0.29, 0.717) is 37.6 Å². The van der Waals surface area contributed by atoms with Crippen molar-refractivity contribution in [2.45, 2.75) is 58.2 Å². The highest BCUT2D eigenvalue weighted by Gasteiger charge is 2.41. The molecule has 0 aromatic heterocycles. The van der Waals surface area contributed by atoms with Crippen LogP contribution >= 0.6 is 0 Å². The van der Waals surface area contributed by atoms with Gasteiger partial charge >= 0.3 is 6.18 Å². The summed E-state index contributed by atoms with van der Waals surface area (Å²) in [6, 6.07) is 0.356. The van der Waals surface area contributed by atoms with Gasteiger partial charge in [-0.3, -0.25) is 0 Å². The highest BCUT2D eigenvalue weighted by molar-refractivity contribution is 4.81. The van der Waals surface area contributed by atoms with Crippen molar-refractivity contribution in [3.63, 3.8) is 0 Å². The summed E-state index contributed by atoms with van der Waals surface area (Å²) in [5.41, 5.74) is 0. The summed E-state index contributed by atoms with van der Waals surface area (Å²) in [6.45, 7) is 5.15. The molecule has 0 bridgehead atoms. The molecule has 0 aromatic carbocycles. The number of halogens is 3. The molecule has 1 fully saturated rings. The van der Waals surface area contributed by atoms with Gasteiger partial charge < -0.3 is 5.32 Å². The third-order valence-corrected chi connectivity index (χ3v) is 3.66. The van der Waals surface area contributed by atoms with Crippen LogP contribution in [0, 0.1) is 11.8 Å². The summed E-state index contributed by atoms with van der Waals surface area (Å²) < 4.78 is 37.4. The molecule has 1 atom stereocenters. The fraction of sp³-hybridized carbons (Fsp3) is 1.00. The summed E-state index contributed by atoms with van der Waals surface area (Å²) in [7, 11) is 0. The van der Waals surface area contributed by atoms with Crippen molar-refractivity contribution in [1.82, 2.24) is 5.32 Å². The molecule has 96 valence electrons. The molecule has 1 rings (SSSR count). The largest absolute Gasteiger partial charge is 0.391 e. The summed E-state index contributed by atoms with van der Waals surface area (Å²) in [6.07, 6.45) is -0.865. The fourth-order valence-electron chi connectivity index (χ4n) is 2.49. The monoisotopic (exact) mass is 237 g/mol. The molecule has 16 heavy (non-hydrogen) atoms. The van der Waals surface area contributed by atoms with Crippen molar-refractivity contribution in [1.29, 1.82) is 0 Å². The zero-order valence-electron chi connectivity index (χ0n) is 10.1. The summed E-state index contributed by atoms with van der Waals surface area (Å²) >= 11 is 0. The predicted octanol–water partition coefficient (Wildman–Crippen LogP) is 3.74. The highest BCUT2D eigenvalue weighted by atomic mass is 19.4. The Morgan fingerprint density at radius 2 is 1.75 bits per heavy atom. The number of alkyl halides is 3.